The number of halogens is 1. The fraction of sp³-hybridized carbons (Fsp3) is 0.192. The first-order chi connectivity index (χ1) is 14.6. The number of ketones is 1. The lowest BCUT2D eigenvalue weighted by Crippen LogP contribution is -2.27. The van der Waals surface area contributed by atoms with Crippen LogP contribution in [0.2, 0.25) is 0 Å². The normalized spacial score (nSPS) is 20.5. The Balaban J connectivity index is 1.62. The minimum Gasteiger partial charge on any atom is -0.372 e. The average Bonchev–Trinajstić information content (AvgIpc) is 2.91. The van der Waals surface area contributed by atoms with Gasteiger partial charge in [-0.15, -0.1) is 0 Å². The molecular weight excluding hydrogens is 375 g/mol. The van der Waals surface area contributed by atoms with E-state index in [9.17, 15) is 9.18 Å². The highest BCUT2D eigenvalue weighted by Crippen LogP contribution is 2.44. The van der Waals surface area contributed by atoms with Crippen molar-refractivity contribution in [1.82, 2.24) is 0 Å². The molecule has 0 aromatic heterocycles. The van der Waals surface area contributed by atoms with Gasteiger partial charge in [0.1, 0.15) is 5.82 Å². The van der Waals surface area contributed by atoms with Gasteiger partial charge in [-0.3, -0.25) is 4.79 Å². The summed E-state index contributed by atoms with van der Waals surface area (Å²) >= 11 is 0. The standard InChI is InChI=1S/C26H23FN2O/c1-16-10-12-17(13-11-16)26-25-23(28-21-8-4-5-9-22(21)29-26)14-18(15-24(25)30)19-6-2-3-7-20(19)27/h2-13,18,26,28-29H,14-15H2,1H3/t18-,26-/m1/s1. The second-order valence-electron chi connectivity index (χ2n) is 8.10. The van der Waals surface area contributed by atoms with Crippen molar-refractivity contribution in [3.63, 3.8) is 0 Å². The first kappa shape index (κ1) is 18.6. The van der Waals surface area contributed by atoms with Gasteiger partial charge in [0, 0.05) is 17.7 Å². The fourth-order valence-electron chi connectivity index (χ4n) is 4.53. The summed E-state index contributed by atoms with van der Waals surface area (Å²) in [6.45, 7) is 2.05. The first-order valence-corrected chi connectivity index (χ1v) is 10.3. The molecule has 3 nitrogen and oxygen atoms in total. The molecule has 0 saturated heterocycles. The van der Waals surface area contributed by atoms with Crippen molar-refractivity contribution in [3.05, 3.63) is 107 Å². The molecule has 2 N–H and O–H groups in total. The zero-order valence-corrected chi connectivity index (χ0v) is 16.8. The van der Waals surface area contributed by atoms with Gasteiger partial charge in [-0.1, -0.05) is 60.2 Å². The molecule has 0 spiro atoms. The lowest BCUT2D eigenvalue weighted by molar-refractivity contribution is -0.116. The van der Waals surface area contributed by atoms with E-state index in [1.165, 1.54) is 11.6 Å². The Bertz CT molecular complexity index is 1150. The van der Waals surface area contributed by atoms with E-state index in [4.69, 9.17) is 0 Å². The maximum atomic E-state index is 14.5. The molecule has 30 heavy (non-hydrogen) atoms. The van der Waals surface area contributed by atoms with Crippen LogP contribution in [0.1, 0.15) is 41.5 Å². The SMILES string of the molecule is Cc1ccc([C@H]2Nc3ccccc3NC3=C2C(=O)C[C@H](c2ccccc2F)C3)cc1. The molecule has 0 fully saturated rings. The van der Waals surface area contributed by atoms with Gasteiger partial charge in [0.2, 0.25) is 0 Å². The van der Waals surface area contributed by atoms with Crippen LogP contribution < -0.4 is 10.6 Å². The number of allylic oxidation sites excluding steroid dienone is 1. The van der Waals surface area contributed by atoms with Gasteiger partial charge < -0.3 is 10.6 Å². The third-order valence-corrected chi connectivity index (χ3v) is 6.06. The molecular formula is C26H23FN2O. The van der Waals surface area contributed by atoms with E-state index in [2.05, 4.69) is 41.8 Å². The molecule has 2 atom stereocenters. The quantitative estimate of drug-likeness (QED) is 0.547. The number of aryl methyl sites for hydroxylation is 1. The van der Waals surface area contributed by atoms with E-state index in [0.717, 1.165) is 28.2 Å². The summed E-state index contributed by atoms with van der Waals surface area (Å²) in [5.41, 5.74) is 6.34. The number of nitrogens with one attached hydrogen (secondary N) is 2. The van der Waals surface area contributed by atoms with Crippen LogP contribution in [0.5, 0.6) is 0 Å². The molecule has 1 aliphatic carbocycles. The second kappa shape index (κ2) is 7.45. The van der Waals surface area contributed by atoms with Crippen molar-refractivity contribution >= 4 is 17.2 Å². The van der Waals surface area contributed by atoms with Crippen molar-refractivity contribution in [2.75, 3.05) is 10.6 Å². The lowest BCUT2D eigenvalue weighted by Gasteiger charge is -2.30. The molecule has 3 aromatic rings. The van der Waals surface area contributed by atoms with E-state index in [0.29, 0.717) is 18.4 Å². The maximum absolute atomic E-state index is 14.5. The molecule has 0 unspecified atom stereocenters. The average molecular weight is 398 g/mol. The highest BCUT2D eigenvalue weighted by Gasteiger charge is 2.36. The summed E-state index contributed by atoms with van der Waals surface area (Å²) in [4.78, 5) is 13.4. The van der Waals surface area contributed by atoms with Crippen molar-refractivity contribution in [3.8, 4) is 0 Å². The number of carbonyl (C=O) groups is 1. The van der Waals surface area contributed by atoms with Crippen molar-refractivity contribution in [2.24, 2.45) is 0 Å². The Morgan fingerprint density at radius 1 is 0.867 bits per heavy atom. The summed E-state index contributed by atoms with van der Waals surface area (Å²) in [6, 6.07) is 22.8. The van der Waals surface area contributed by atoms with Crippen molar-refractivity contribution < 1.29 is 9.18 Å². The Labute approximate surface area is 175 Å². The van der Waals surface area contributed by atoms with Crippen molar-refractivity contribution in [2.45, 2.75) is 31.7 Å². The smallest absolute Gasteiger partial charge is 0.163 e. The molecule has 0 amide bonds. The predicted molar refractivity (Wildman–Crippen MR) is 118 cm³/mol. The minimum atomic E-state index is -0.249. The molecule has 0 radical (unpaired) electrons. The predicted octanol–water partition coefficient (Wildman–Crippen LogP) is 6.11. The zero-order chi connectivity index (χ0) is 20.7. The fourth-order valence-corrected chi connectivity index (χ4v) is 4.53. The van der Waals surface area contributed by atoms with E-state index >= 15 is 0 Å². The Hall–Kier alpha value is -3.40. The van der Waals surface area contributed by atoms with Gasteiger partial charge in [0.05, 0.1) is 17.4 Å². The van der Waals surface area contributed by atoms with Crippen molar-refractivity contribution in [1.29, 1.82) is 0 Å². The number of Topliss-reactive ketones (excluding diaryl/α,β-unsaturated/α-hetero) is 1. The number of hydrogen-bond donors (Lipinski definition) is 2. The molecule has 1 heterocycles. The molecule has 5 rings (SSSR count). The van der Waals surface area contributed by atoms with Gasteiger partial charge in [-0.25, -0.2) is 4.39 Å². The van der Waals surface area contributed by atoms with Gasteiger partial charge in [0.15, 0.2) is 5.78 Å². The largest absolute Gasteiger partial charge is 0.372 e. The Kier molecular flexibility index (Phi) is 4.62. The molecule has 0 bridgehead atoms. The van der Waals surface area contributed by atoms with Crippen LogP contribution in [0.4, 0.5) is 15.8 Å². The van der Waals surface area contributed by atoms with Crippen LogP contribution in [0.15, 0.2) is 84.1 Å². The summed E-state index contributed by atoms with van der Waals surface area (Å²) in [5.74, 6) is -0.363. The number of hydrogen-bond acceptors (Lipinski definition) is 3. The maximum Gasteiger partial charge on any atom is 0.163 e. The van der Waals surface area contributed by atoms with Crippen LogP contribution >= 0.6 is 0 Å². The number of fused-ring (bicyclic) bond motifs is 1. The Morgan fingerprint density at radius 3 is 2.33 bits per heavy atom. The van der Waals surface area contributed by atoms with Crippen LogP contribution in [-0.2, 0) is 4.79 Å². The van der Waals surface area contributed by atoms with Gasteiger partial charge >= 0.3 is 0 Å². The summed E-state index contributed by atoms with van der Waals surface area (Å²) in [6.07, 6.45) is 0.905. The van der Waals surface area contributed by atoms with Crippen LogP contribution in [0, 0.1) is 12.7 Å². The lowest BCUT2D eigenvalue weighted by atomic mass is 9.78. The van der Waals surface area contributed by atoms with Crippen LogP contribution in [-0.4, -0.2) is 5.78 Å². The first-order valence-electron chi connectivity index (χ1n) is 10.3. The third kappa shape index (κ3) is 3.28. The molecule has 4 heteroatoms. The second-order valence-corrected chi connectivity index (χ2v) is 8.10. The van der Waals surface area contributed by atoms with Crippen LogP contribution in [0.3, 0.4) is 0 Å². The van der Waals surface area contributed by atoms with E-state index < -0.39 is 0 Å². The number of anilines is 2. The molecule has 2 aliphatic rings. The summed E-state index contributed by atoms with van der Waals surface area (Å²) in [7, 11) is 0. The third-order valence-electron chi connectivity index (χ3n) is 6.06. The van der Waals surface area contributed by atoms with E-state index in [1.54, 1.807) is 12.1 Å². The monoisotopic (exact) mass is 398 g/mol. The number of benzene rings is 3. The topological polar surface area (TPSA) is 41.1 Å². The summed E-state index contributed by atoms with van der Waals surface area (Å²) in [5, 5.41) is 7.07. The van der Waals surface area contributed by atoms with Gasteiger partial charge in [0.25, 0.3) is 0 Å². The minimum absolute atomic E-state index is 0.0582. The molecule has 3 aromatic carbocycles. The summed E-state index contributed by atoms with van der Waals surface area (Å²) < 4.78 is 14.5. The molecule has 0 saturated carbocycles. The Morgan fingerprint density at radius 2 is 1.57 bits per heavy atom. The highest BCUT2D eigenvalue weighted by molar-refractivity contribution is 6.01. The number of carbonyl (C=O) groups excluding carboxylic acids is 1. The zero-order valence-electron chi connectivity index (χ0n) is 16.8. The van der Waals surface area contributed by atoms with E-state index in [-0.39, 0.29) is 23.6 Å². The number of para-hydroxylation sites is 2. The molecule has 1 aliphatic heterocycles. The highest BCUT2D eigenvalue weighted by atomic mass is 19.1. The van der Waals surface area contributed by atoms with E-state index in [1.807, 2.05) is 30.3 Å². The molecule has 150 valence electrons. The van der Waals surface area contributed by atoms with Gasteiger partial charge in [-0.2, -0.15) is 0 Å². The van der Waals surface area contributed by atoms with Crippen LogP contribution in [0.25, 0.3) is 0 Å². The van der Waals surface area contributed by atoms with Gasteiger partial charge in [-0.05, 0) is 48.6 Å². The number of rotatable bonds is 2.